The highest BCUT2D eigenvalue weighted by atomic mass is 16.5. The van der Waals surface area contributed by atoms with Gasteiger partial charge in [0.25, 0.3) is 0 Å². The first-order valence-electron chi connectivity index (χ1n) is 7.81. The maximum absolute atomic E-state index is 12.7. The second-order valence-electron chi connectivity index (χ2n) is 7.27. The van der Waals surface area contributed by atoms with Crippen LogP contribution in [0.3, 0.4) is 0 Å². The molecule has 0 spiro atoms. The largest absolute Gasteiger partial charge is 0.497 e. The van der Waals surface area contributed by atoms with Gasteiger partial charge in [-0.3, -0.25) is 4.79 Å². The lowest BCUT2D eigenvalue weighted by Crippen LogP contribution is -2.43. The number of carbonyl (C=O) groups excluding carboxylic acids is 1. The molecule has 3 rings (SSSR count). The van der Waals surface area contributed by atoms with Crippen LogP contribution in [0.25, 0.3) is 0 Å². The number of ketones is 1. The smallest absolute Gasteiger partial charge is 0.156 e. The van der Waals surface area contributed by atoms with Crippen molar-refractivity contribution in [3.05, 3.63) is 29.8 Å². The van der Waals surface area contributed by atoms with Crippen LogP contribution in [0, 0.1) is 16.7 Å². The first-order chi connectivity index (χ1) is 9.90. The zero-order valence-electron chi connectivity index (χ0n) is 13.4. The standard InChI is InChI=1S/C18H25NO2/c1-17(2)14-9-10-18(17,3)16(20)15(14)19-11-12-5-7-13(21-4)8-6-12/h5-8,14-15,19H,9-11H2,1-4H3/t14-,15+,18+/m1/s1. The van der Waals surface area contributed by atoms with Gasteiger partial charge in [-0.05, 0) is 41.9 Å². The Balaban J connectivity index is 1.70. The van der Waals surface area contributed by atoms with E-state index in [1.807, 2.05) is 12.1 Å². The van der Waals surface area contributed by atoms with Crippen LogP contribution >= 0.6 is 0 Å². The molecule has 0 saturated heterocycles. The number of fused-ring (bicyclic) bond motifs is 2. The summed E-state index contributed by atoms with van der Waals surface area (Å²) < 4.78 is 5.17. The van der Waals surface area contributed by atoms with Gasteiger partial charge in [0.1, 0.15) is 5.75 Å². The first-order valence-corrected chi connectivity index (χ1v) is 7.81. The summed E-state index contributed by atoms with van der Waals surface area (Å²) in [4.78, 5) is 12.7. The summed E-state index contributed by atoms with van der Waals surface area (Å²) in [7, 11) is 1.67. The van der Waals surface area contributed by atoms with Gasteiger partial charge >= 0.3 is 0 Å². The van der Waals surface area contributed by atoms with Gasteiger partial charge in [-0.15, -0.1) is 0 Å². The molecule has 0 aromatic heterocycles. The van der Waals surface area contributed by atoms with Crippen molar-refractivity contribution in [1.82, 2.24) is 5.32 Å². The van der Waals surface area contributed by atoms with Crippen molar-refractivity contribution in [3.63, 3.8) is 0 Å². The average Bonchev–Trinajstić information content (AvgIpc) is 2.78. The van der Waals surface area contributed by atoms with Crippen molar-refractivity contribution in [2.45, 2.75) is 46.2 Å². The average molecular weight is 287 g/mol. The monoisotopic (exact) mass is 287 g/mol. The first kappa shape index (κ1) is 14.6. The molecule has 2 fully saturated rings. The fourth-order valence-electron chi connectivity index (χ4n) is 4.29. The highest BCUT2D eigenvalue weighted by Gasteiger charge is 2.65. The Hall–Kier alpha value is -1.35. The van der Waals surface area contributed by atoms with E-state index in [1.54, 1.807) is 7.11 Å². The van der Waals surface area contributed by atoms with Crippen molar-refractivity contribution in [2.24, 2.45) is 16.7 Å². The van der Waals surface area contributed by atoms with Crippen LogP contribution in [0.5, 0.6) is 5.75 Å². The van der Waals surface area contributed by atoms with E-state index in [1.165, 1.54) is 5.56 Å². The van der Waals surface area contributed by atoms with Gasteiger partial charge in [-0.25, -0.2) is 0 Å². The van der Waals surface area contributed by atoms with Crippen LogP contribution in [0.15, 0.2) is 24.3 Å². The fourth-order valence-corrected chi connectivity index (χ4v) is 4.29. The molecule has 2 saturated carbocycles. The Kier molecular flexibility index (Phi) is 3.36. The number of ether oxygens (including phenoxy) is 1. The summed E-state index contributed by atoms with van der Waals surface area (Å²) in [6, 6.07) is 8.04. The number of carbonyl (C=O) groups is 1. The third kappa shape index (κ3) is 2.02. The van der Waals surface area contributed by atoms with Gasteiger partial charge in [0.15, 0.2) is 5.78 Å². The van der Waals surface area contributed by atoms with E-state index in [-0.39, 0.29) is 16.9 Å². The molecule has 0 amide bonds. The second-order valence-corrected chi connectivity index (χ2v) is 7.27. The molecule has 0 unspecified atom stereocenters. The lowest BCUT2D eigenvalue weighted by atomic mass is 9.70. The molecule has 1 aromatic rings. The Morgan fingerprint density at radius 1 is 1.24 bits per heavy atom. The molecule has 3 atom stereocenters. The SMILES string of the molecule is COc1ccc(CN[C@@H]2C(=O)[C@]3(C)CC[C@H]2C3(C)C)cc1. The molecule has 2 bridgehead atoms. The van der Waals surface area contributed by atoms with Crippen molar-refractivity contribution < 1.29 is 9.53 Å². The third-order valence-electron chi connectivity index (χ3n) is 6.22. The Morgan fingerprint density at radius 3 is 2.43 bits per heavy atom. The van der Waals surface area contributed by atoms with E-state index in [0.29, 0.717) is 11.7 Å². The van der Waals surface area contributed by atoms with Crippen LogP contribution in [0.4, 0.5) is 0 Å². The molecule has 2 aliphatic carbocycles. The number of hydrogen-bond acceptors (Lipinski definition) is 3. The van der Waals surface area contributed by atoms with Crippen LogP contribution in [0.2, 0.25) is 0 Å². The Labute approximate surface area is 127 Å². The molecule has 3 heteroatoms. The van der Waals surface area contributed by atoms with Crippen molar-refractivity contribution in [1.29, 1.82) is 0 Å². The minimum absolute atomic E-state index is 0.0147. The van der Waals surface area contributed by atoms with E-state index in [2.05, 4.69) is 38.2 Å². The summed E-state index contributed by atoms with van der Waals surface area (Å²) in [5.74, 6) is 1.74. The quantitative estimate of drug-likeness (QED) is 0.924. The van der Waals surface area contributed by atoms with E-state index >= 15 is 0 Å². The van der Waals surface area contributed by atoms with Crippen LogP contribution < -0.4 is 10.1 Å². The minimum Gasteiger partial charge on any atom is -0.497 e. The van der Waals surface area contributed by atoms with E-state index in [4.69, 9.17) is 4.74 Å². The Bertz CT molecular complexity index is 549. The maximum Gasteiger partial charge on any atom is 0.156 e. The van der Waals surface area contributed by atoms with E-state index < -0.39 is 0 Å². The third-order valence-corrected chi connectivity index (χ3v) is 6.22. The summed E-state index contributed by atoms with van der Waals surface area (Å²) in [5.41, 5.74) is 1.16. The number of benzene rings is 1. The van der Waals surface area contributed by atoms with Gasteiger partial charge in [0.2, 0.25) is 0 Å². The molecule has 3 nitrogen and oxygen atoms in total. The van der Waals surface area contributed by atoms with Gasteiger partial charge < -0.3 is 10.1 Å². The number of rotatable bonds is 4. The van der Waals surface area contributed by atoms with Crippen LogP contribution in [-0.4, -0.2) is 18.9 Å². The predicted molar refractivity (Wildman–Crippen MR) is 83.2 cm³/mol. The second kappa shape index (κ2) is 4.84. The van der Waals surface area contributed by atoms with Gasteiger partial charge in [0, 0.05) is 12.0 Å². The van der Waals surface area contributed by atoms with Gasteiger partial charge in [0.05, 0.1) is 13.2 Å². The van der Waals surface area contributed by atoms with Gasteiger partial charge in [-0.2, -0.15) is 0 Å². The minimum atomic E-state index is -0.144. The van der Waals surface area contributed by atoms with Crippen molar-refractivity contribution in [3.8, 4) is 5.75 Å². The van der Waals surface area contributed by atoms with E-state index in [9.17, 15) is 4.79 Å². The molecule has 2 aliphatic rings. The summed E-state index contributed by atoms with van der Waals surface area (Å²) >= 11 is 0. The van der Waals surface area contributed by atoms with Crippen LogP contribution in [0.1, 0.15) is 39.2 Å². The number of methoxy groups -OCH3 is 1. The predicted octanol–water partition coefficient (Wildman–Crippen LogP) is 3.18. The molecule has 0 radical (unpaired) electrons. The lowest BCUT2D eigenvalue weighted by molar-refractivity contribution is -0.130. The maximum atomic E-state index is 12.7. The van der Waals surface area contributed by atoms with E-state index in [0.717, 1.165) is 25.1 Å². The topological polar surface area (TPSA) is 38.3 Å². The molecule has 0 aliphatic heterocycles. The zero-order chi connectivity index (χ0) is 15.3. The number of hydrogen-bond donors (Lipinski definition) is 1. The molecule has 1 aromatic carbocycles. The van der Waals surface area contributed by atoms with Crippen molar-refractivity contribution in [2.75, 3.05) is 7.11 Å². The fraction of sp³-hybridized carbons (Fsp3) is 0.611. The highest BCUT2D eigenvalue weighted by Crippen LogP contribution is 2.63. The van der Waals surface area contributed by atoms with Gasteiger partial charge in [-0.1, -0.05) is 32.9 Å². The highest BCUT2D eigenvalue weighted by molar-refractivity contribution is 5.94. The normalized spacial score (nSPS) is 33.4. The summed E-state index contributed by atoms with van der Waals surface area (Å²) in [5, 5.41) is 3.51. The number of Topliss-reactive ketones (excluding diaryl/α,β-unsaturated/α-hetero) is 1. The van der Waals surface area contributed by atoms with Crippen molar-refractivity contribution >= 4 is 5.78 Å². The van der Waals surface area contributed by atoms with Crippen LogP contribution in [-0.2, 0) is 11.3 Å². The molecule has 21 heavy (non-hydrogen) atoms. The Morgan fingerprint density at radius 2 is 1.90 bits per heavy atom. The zero-order valence-corrected chi connectivity index (χ0v) is 13.4. The summed E-state index contributed by atoms with van der Waals surface area (Å²) in [6.07, 6.45) is 2.21. The molecular formula is C18H25NO2. The molecular weight excluding hydrogens is 262 g/mol. The molecule has 1 N–H and O–H groups in total. The number of nitrogens with one attached hydrogen (secondary N) is 1. The summed E-state index contributed by atoms with van der Waals surface area (Å²) in [6.45, 7) is 7.42. The molecule has 0 heterocycles. The molecule has 114 valence electrons. The lowest BCUT2D eigenvalue weighted by Gasteiger charge is -2.32.